The van der Waals surface area contributed by atoms with Gasteiger partial charge in [-0.15, -0.1) is 0 Å². The third-order valence-electron chi connectivity index (χ3n) is 3.13. The molecule has 2 rings (SSSR count). The van der Waals surface area contributed by atoms with Crippen molar-refractivity contribution in [2.75, 3.05) is 14.2 Å². The Balaban J connectivity index is 2.31. The van der Waals surface area contributed by atoms with Gasteiger partial charge in [0, 0.05) is 24.4 Å². The van der Waals surface area contributed by atoms with E-state index in [1.165, 1.54) is 6.07 Å². The maximum Gasteiger partial charge on any atom is 0.250 e. The fourth-order valence-electron chi connectivity index (χ4n) is 2.05. The molecule has 1 aromatic heterocycles. The molecule has 1 unspecified atom stereocenters. The highest BCUT2D eigenvalue weighted by atomic mass is 16.5. The van der Waals surface area contributed by atoms with Crippen molar-refractivity contribution in [2.24, 2.45) is 5.73 Å². The number of aromatic nitrogens is 1. The van der Waals surface area contributed by atoms with Crippen molar-refractivity contribution in [1.82, 2.24) is 4.57 Å². The van der Waals surface area contributed by atoms with Gasteiger partial charge in [0.15, 0.2) is 0 Å². The largest absolute Gasteiger partial charge is 0.497 e. The molecule has 5 nitrogen and oxygen atoms in total. The van der Waals surface area contributed by atoms with Gasteiger partial charge < -0.3 is 19.8 Å². The van der Waals surface area contributed by atoms with E-state index in [-0.39, 0.29) is 11.6 Å². The monoisotopic (exact) mass is 274 g/mol. The number of methoxy groups -OCH3 is 2. The van der Waals surface area contributed by atoms with Crippen LogP contribution in [-0.4, -0.2) is 18.8 Å². The SMILES string of the molecule is COc1ccc(OC)c(C(N)Cn2ccccc2=O)c1. The number of nitrogens with two attached hydrogens (primary N) is 1. The number of ether oxygens (including phenoxy) is 2. The number of pyridine rings is 1. The second-order valence-corrected chi connectivity index (χ2v) is 4.41. The quantitative estimate of drug-likeness (QED) is 0.898. The van der Waals surface area contributed by atoms with Crippen molar-refractivity contribution in [3.63, 3.8) is 0 Å². The van der Waals surface area contributed by atoms with Gasteiger partial charge in [0.05, 0.1) is 20.3 Å². The molecule has 1 atom stereocenters. The van der Waals surface area contributed by atoms with Gasteiger partial charge >= 0.3 is 0 Å². The molecule has 0 spiro atoms. The van der Waals surface area contributed by atoms with Gasteiger partial charge in [-0.25, -0.2) is 0 Å². The zero-order chi connectivity index (χ0) is 14.5. The van der Waals surface area contributed by atoms with Gasteiger partial charge in [-0.3, -0.25) is 4.79 Å². The topological polar surface area (TPSA) is 66.5 Å². The number of hydrogen-bond acceptors (Lipinski definition) is 4. The van der Waals surface area contributed by atoms with Gasteiger partial charge in [0.1, 0.15) is 11.5 Å². The van der Waals surface area contributed by atoms with Gasteiger partial charge in [-0.05, 0) is 24.3 Å². The van der Waals surface area contributed by atoms with Crippen LogP contribution in [0, 0.1) is 0 Å². The molecule has 0 bridgehead atoms. The lowest BCUT2D eigenvalue weighted by Gasteiger charge is -2.17. The predicted octanol–water partition coefficient (Wildman–Crippen LogP) is 1.57. The molecule has 0 amide bonds. The standard InChI is InChI=1S/C15H18N2O3/c1-19-11-6-7-14(20-2)12(9-11)13(16)10-17-8-4-3-5-15(17)18/h3-9,13H,10,16H2,1-2H3. The van der Waals surface area contributed by atoms with Gasteiger partial charge in [-0.1, -0.05) is 6.07 Å². The zero-order valence-electron chi connectivity index (χ0n) is 11.6. The fraction of sp³-hybridized carbons (Fsp3) is 0.267. The molecule has 0 aliphatic carbocycles. The molecule has 0 fully saturated rings. The summed E-state index contributed by atoms with van der Waals surface area (Å²) in [5.41, 5.74) is 6.93. The van der Waals surface area contributed by atoms with Gasteiger partial charge in [0.2, 0.25) is 0 Å². The van der Waals surface area contributed by atoms with Crippen molar-refractivity contribution >= 4 is 0 Å². The summed E-state index contributed by atoms with van der Waals surface area (Å²) in [7, 11) is 3.19. The van der Waals surface area contributed by atoms with E-state index in [0.717, 1.165) is 5.56 Å². The molecule has 1 aromatic carbocycles. The Kier molecular flexibility index (Phi) is 4.42. The molecule has 2 aromatic rings. The first-order chi connectivity index (χ1) is 9.65. The Bertz CT molecular complexity index is 637. The van der Waals surface area contributed by atoms with Crippen LogP contribution in [0.5, 0.6) is 11.5 Å². The average Bonchev–Trinajstić information content (AvgIpc) is 2.48. The van der Waals surface area contributed by atoms with Crippen LogP contribution in [0.4, 0.5) is 0 Å². The molecule has 1 heterocycles. The molecular formula is C15H18N2O3. The van der Waals surface area contributed by atoms with Crippen molar-refractivity contribution in [3.05, 3.63) is 58.5 Å². The summed E-state index contributed by atoms with van der Waals surface area (Å²) in [4.78, 5) is 11.7. The Labute approximate surface area is 117 Å². The smallest absolute Gasteiger partial charge is 0.250 e. The molecule has 0 saturated carbocycles. The minimum atomic E-state index is -0.361. The van der Waals surface area contributed by atoms with Crippen molar-refractivity contribution < 1.29 is 9.47 Å². The van der Waals surface area contributed by atoms with Crippen LogP contribution in [0.25, 0.3) is 0 Å². The second-order valence-electron chi connectivity index (χ2n) is 4.41. The minimum absolute atomic E-state index is 0.0789. The van der Waals surface area contributed by atoms with Crippen LogP contribution >= 0.6 is 0 Å². The molecular weight excluding hydrogens is 256 g/mol. The van der Waals surface area contributed by atoms with Crippen LogP contribution < -0.4 is 20.8 Å². The second kappa shape index (κ2) is 6.25. The molecule has 106 valence electrons. The first-order valence-corrected chi connectivity index (χ1v) is 6.28. The third-order valence-corrected chi connectivity index (χ3v) is 3.13. The van der Waals surface area contributed by atoms with E-state index >= 15 is 0 Å². The molecule has 0 saturated heterocycles. The van der Waals surface area contributed by atoms with Gasteiger partial charge in [0.25, 0.3) is 5.56 Å². The summed E-state index contributed by atoms with van der Waals surface area (Å²) in [6.07, 6.45) is 1.72. The zero-order valence-corrected chi connectivity index (χ0v) is 11.6. The summed E-state index contributed by atoms with van der Waals surface area (Å²) < 4.78 is 12.1. The van der Waals surface area contributed by atoms with Crippen molar-refractivity contribution in [1.29, 1.82) is 0 Å². The van der Waals surface area contributed by atoms with E-state index in [2.05, 4.69) is 0 Å². The molecule has 20 heavy (non-hydrogen) atoms. The van der Waals surface area contributed by atoms with E-state index in [4.69, 9.17) is 15.2 Å². The van der Waals surface area contributed by atoms with E-state index in [1.807, 2.05) is 18.2 Å². The van der Waals surface area contributed by atoms with Crippen LogP contribution in [0.2, 0.25) is 0 Å². The molecule has 2 N–H and O–H groups in total. The van der Waals surface area contributed by atoms with E-state index in [9.17, 15) is 4.79 Å². The fourth-order valence-corrected chi connectivity index (χ4v) is 2.05. The Morgan fingerprint density at radius 3 is 2.65 bits per heavy atom. The lowest BCUT2D eigenvalue weighted by atomic mass is 10.1. The Morgan fingerprint density at radius 1 is 1.20 bits per heavy atom. The predicted molar refractivity (Wildman–Crippen MR) is 77.2 cm³/mol. The summed E-state index contributed by atoms with van der Waals surface area (Å²) in [5.74, 6) is 1.39. The molecule has 0 aliphatic rings. The molecule has 0 aliphatic heterocycles. The van der Waals surface area contributed by atoms with E-state index < -0.39 is 0 Å². The molecule has 5 heteroatoms. The maximum atomic E-state index is 11.7. The number of benzene rings is 1. The lowest BCUT2D eigenvalue weighted by molar-refractivity contribution is 0.392. The number of rotatable bonds is 5. The third kappa shape index (κ3) is 3.00. The van der Waals surface area contributed by atoms with Crippen LogP contribution in [-0.2, 0) is 6.54 Å². The average molecular weight is 274 g/mol. The normalized spacial score (nSPS) is 11.9. The summed E-state index contributed by atoms with van der Waals surface area (Å²) in [5, 5.41) is 0. The summed E-state index contributed by atoms with van der Waals surface area (Å²) in [6.45, 7) is 0.378. The first kappa shape index (κ1) is 14.1. The van der Waals surface area contributed by atoms with Crippen molar-refractivity contribution in [2.45, 2.75) is 12.6 Å². The Hall–Kier alpha value is -2.27. The van der Waals surface area contributed by atoms with Crippen molar-refractivity contribution in [3.8, 4) is 11.5 Å². The van der Waals surface area contributed by atoms with Gasteiger partial charge in [-0.2, -0.15) is 0 Å². The van der Waals surface area contributed by atoms with Crippen LogP contribution in [0.3, 0.4) is 0 Å². The van der Waals surface area contributed by atoms with E-state index in [1.54, 1.807) is 37.1 Å². The van der Waals surface area contributed by atoms with Crippen LogP contribution in [0.15, 0.2) is 47.4 Å². The minimum Gasteiger partial charge on any atom is -0.497 e. The number of nitrogens with zero attached hydrogens (tertiary/aromatic N) is 1. The first-order valence-electron chi connectivity index (χ1n) is 6.28. The highest BCUT2D eigenvalue weighted by Gasteiger charge is 2.14. The highest BCUT2D eigenvalue weighted by molar-refractivity contribution is 5.42. The molecule has 0 radical (unpaired) electrons. The Morgan fingerprint density at radius 2 is 2.00 bits per heavy atom. The van der Waals surface area contributed by atoms with Crippen LogP contribution in [0.1, 0.15) is 11.6 Å². The number of hydrogen-bond donors (Lipinski definition) is 1. The summed E-state index contributed by atoms with van der Waals surface area (Å²) in [6, 6.07) is 10.1. The lowest BCUT2D eigenvalue weighted by Crippen LogP contribution is -2.25. The highest BCUT2D eigenvalue weighted by Crippen LogP contribution is 2.28. The van der Waals surface area contributed by atoms with E-state index in [0.29, 0.717) is 18.0 Å². The summed E-state index contributed by atoms with van der Waals surface area (Å²) >= 11 is 0. The maximum absolute atomic E-state index is 11.7.